The zero-order valence-corrected chi connectivity index (χ0v) is 9.94. The van der Waals surface area contributed by atoms with Crippen LogP contribution in [-0.2, 0) is 14.1 Å². The predicted octanol–water partition coefficient (Wildman–Crippen LogP) is 1.13. The lowest BCUT2D eigenvalue weighted by Crippen LogP contribution is -2.08. The SMILES string of the molecule is Cn1cccc1C(=O)CSc1ncnn1C. The zero-order valence-electron chi connectivity index (χ0n) is 9.12. The Morgan fingerprint density at radius 2 is 2.31 bits per heavy atom. The number of hydrogen-bond acceptors (Lipinski definition) is 4. The molecular formula is C10H12N4OS. The minimum absolute atomic E-state index is 0.0977. The van der Waals surface area contributed by atoms with Crippen molar-refractivity contribution >= 4 is 17.5 Å². The van der Waals surface area contributed by atoms with Crippen molar-refractivity contribution in [3.63, 3.8) is 0 Å². The van der Waals surface area contributed by atoms with Gasteiger partial charge in [-0.3, -0.25) is 4.79 Å². The summed E-state index contributed by atoms with van der Waals surface area (Å²) in [5.41, 5.74) is 0.717. The first-order valence-corrected chi connectivity index (χ1v) is 5.78. The van der Waals surface area contributed by atoms with Crippen LogP contribution in [-0.4, -0.2) is 30.9 Å². The lowest BCUT2D eigenvalue weighted by Gasteiger charge is -2.02. The van der Waals surface area contributed by atoms with Gasteiger partial charge in [-0.2, -0.15) is 5.10 Å². The van der Waals surface area contributed by atoms with Gasteiger partial charge in [0.25, 0.3) is 0 Å². The van der Waals surface area contributed by atoms with Gasteiger partial charge in [-0.15, -0.1) is 0 Å². The van der Waals surface area contributed by atoms with E-state index in [1.807, 2.05) is 37.0 Å². The van der Waals surface area contributed by atoms with Crippen LogP contribution in [0.5, 0.6) is 0 Å². The topological polar surface area (TPSA) is 52.7 Å². The Kier molecular flexibility index (Phi) is 3.09. The summed E-state index contributed by atoms with van der Waals surface area (Å²) in [6.07, 6.45) is 3.34. The highest BCUT2D eigenvalue weighted by Crippen LogP contribution is 2.15. The molecule has 0 atom stereocenters. The fourth-order valence-corrected chi connectivity index (χ4v) is 2.13. The van der Waals surface area contributed by atoms with E-state index >= 15 is 0 Å². The largest absolute Gasteiger partial charge is 0.348 e. The van der Waals surface area contributed by atoms with Crippen LogP contribution in [0.3, 0.4) is 0 Å². The van der Waals surface area contributed by atoms with E-state index in [-0.39, 0.29) is 5.78 Å². The van der Waals surface area contributed by atoms with E-state index in [1.165, 1.54) is 18.1 Å². The highest BCUT2D eigenvalue weighted by molar-refractivity contribution is 7.99. The van der Waals surface area contributed by atoms with Gasteiger partial charge in [0.1, 0.15) is 6.33 Å². The zero-order chi connectivity index (χ0) is 11.5. The molecule has 0 aliphatic carbocycles. The summed E-state index contributed by atoms with van der Waals surface area (Å²) >= 11 is 1.40. The number of hydrogen-bond donors (Lipinski definition) is 0. The lowest BCUT2D eigenvalue weighted by atomic mass is 10.3. The number of ketones is 1. The first-order valence-electron chi connectivity index (χ1n) is 4.80. The molecule has 2 aromatic rings. The molecule has 0 aromatic carbocycles. The maximum Gasteiger partial charge on any atom is 0.189 e. The Hall–Kier alpha value is -1.56. The molecule has 0 unspecified atom stereocenters. The van der Waals surface area contributed by atoms with Crippen molar-refractivity contribution < 1.29 is 4.79 Å². The molecule has 0 amide bonds. The molecule has 2 heterocycles. The van der Waals surface area contributed by atoms with Crippen LogP contribution in [0.2, 0.25) is 0 Å². The standard InChI is InChI=1S/C10H12N4OS/c1-13-5-3-4-8(13)9(15)6-16-10-11-7-12-14(10)2/h3-5,7H,6H2,1-2H3. The number of thioether (sulfide) groups is 1. The lowest BCUT2D eigenvalue weighted by molar-refractivity contribution is 0.101. The van der Waals surface area contributed by atoms with E-state index in [2.05, 4.69) is 10.1 Å². The summed E-state index contributed by atoms with van der Waals surface area (Å²) in [7, 11) is 3.67. The number of rotatable bonds is 4. The highest BCUT2D eigenvalue weighted by Gasteiger charge is 2.11. The molecule has 6 heteroatoms. The number of carbonyl (C=O) groups is 1. The maximum atomic E-state index is 11.8. The fourth-order valence-electron chi connectivity index (χ4n) is 1.37. The van der Waals surface area contributed by atoms with Crippen molar-refractivity contribution in [1.29, 1.82) is 0 Å². The van der Waals surface area contributed by atoms with Gasteiger partial charge >= 0.3 is 0 Å². The smallest absolute Gasteiger partial charge is 0.189 e. The molecular weight excluding hydrogens is 224 g/mol. The number of aryl methyl sites for hydroxylation is 2. The molecule has 0 saturated heterocycles. The molecule has 84 valence electrons. The molecule has 0 aliphatic rings. The minimum atomic E-state index is 0.0977. The Morgan fingerprint density at radius 3 is 2.88 bits per heavy atom. The summed E-state index contributed by atoms with van der Waals surface area (Å²) in [6.45, 7) is 0. The molecule has 0 saturated carbocycles. The number of Topliss-reactive ketones (excluding diaryl/α,β-unsaturated/α-hetero) is 1. The number of carbonyl (C=O) groups excluding carboxylic acids is 1. The van der Waals surface area contributed by atoms with Gasteiger partial charge < -0.3 is 4.57 Å². The number of aromatic nitrogens is 4. The molecule has 0 bridgehead atoms. The average Bonchev–Trinajstić information content (AvgIpc) is 2.84. The summed E-state index contributed by atoms with van der Waals surface area (Å²) in [4.78, 5) is 15.9. The highest BCUT2D eigenvalue weighted by atomic mass is 32.2. The Labute approximate surface area is 97.5 Å². The molecule has 0 fully saturated rings. The van der Waals surface area contributed by atoms with Crippen LogP contribution in [0.1, 0.15) is 10.5 Å². The van der Waals surface area contributed by atoms with Crippen LogP contribution in [0, 0.1) is 0 Å². The molecule has 0 spiro atoms. The summed E-state index contributed by atoms with van der Waals surface area (Å²) < 4.78 is 3.47. The molecule has 0 aliphatic heterocycles. The van der Waals surface area contributed by atoms with Crippen LogP contribution in [0.15, 0.2) is 29.8 Å². The van der Waals surface area contributed by atoms with E-state index in [0.717, 1.165) is 10.9 Å². The Morgan fingerprint density at radius 1 is 1.50 bits per heavy atom. The van der Waals surface area contributed by atoms with E-state index in [9.17, 15) is 4.79 Å². The van der Waals surface area contributed by atoms with Gasteiger partial charge in [-0.05, 0) is 12.1 Å². The van der Waals surface area contributed by atoms with E-state index in [1.54, 1.807) is 4.68 Å². The van der Waals surface area contributed by atoms with Crippen molar-refractivity contribution in [2.45, 2.75) is 5.16 Å². The van der Waals surface area contributed by atoms with Gasteiger partial charge in [0, 0.05) is 20.3 Å². The van der Waals surface area contributed by atoms with Crippen molar-refractivity contribution in [2.75, 3.05) is 5.75 Å². The van der Waals surface area contributed by atoms with Gasteiger partial charge in [0.2, 0.25) is 0 Å². The minimum Gasteiger partial charge on any atom is -0.348 e. The summed E-state index contributed by atoms with van der Waals surface area (Å²) in [6, 6.07) is 3.68. The average molecular weight is 236 g/mol. The summed E-state index contributed by atoms with van der Waals surface area (Å²) in [5, 5.41) is 4.70. The van der Waals surface area contributed by atoms with Crippen LogP contribution < -0.4 is 0 Å². The fraction of sp³-hybridized carbons (Fsp3) is 0.300. The van der Waals surface area contributed by atoms with Gasteiger partial charge in [0.15, 0.2) is 10.9 Å². The Bertz CT molecular complexity index is 502. The second-order valence-electron chi connectivity index (χ2n) is 3.38. The molecule has 2 aromatic heterocycles. The maximum absolute atomic E-state index is 11.8. The van der Waals surface area contributed by atoms with Gasteiger partial charge in [-0.25, -0.2) is 9.67 Å². The molecule has 5 nitrogen and oxygen atoms in total. The second-order valence-corrected chi connectivity index (χ2v) is 4.32. The van der Waals surface area contributed by atoms with Crippen molar-refractivity contribution in [3.05, 3.63) is 30.4 Å². The number of nitrogens with zero attached hydrogens (tertiary/aromatic N) is 4. The van der Waals surface area contributed by atoms with E-state index in [4.69, 9.17) is 0 Å². The van der Waals surface area contributed by atoms with Crippen LogP contribution in [0.4, 0.5) is 0 Å². The molecule has 16 heavy (non-hydrogen) atoms. The predicted molar refractivity (Wildman–Crippen MR) is 61.5 cm³/mol. The van der Waals surface area contributed by atoms with Crippen molar-refractivity contribution in [2.24, 2.45) is 14.1 Å². The quantitative estimate of drug-likeness (QED) is 0.590. The second kappa shape index (κ2) is 4.52. The normalized spacial score (nSPS) is 10.6. The molecule has 0 N–H and O–H groups in total. The first kappa shape index (κ1) is 10.9. The monoisotopic (exact) mass is 236 g/mol. The first-order chi connectivity index (χ1) is 7.68. The van der Waals surface area contributed by atoms with Crippen LogP contribution >= 0.6 is 11.8 Å². The third kappa shape index (κ3) is 2.16. The third-order valence-corrected chi connectivity index (χ3v) is 3.27. The van der Waals surface area contributed by atoms with Gasteiger partial charge in [0.05, 0.1) is 11.4 Å². The third-order valence-electron chi connectivity index (χ3n) is 2.23. The van der Waals surface area contributed by atoms with Crippen LogP contribution in [0.25, 0.3) is 0 Å². The molecule has 0 radical (unpaired) electrons. The van der Waals surface area contributed by atoms with E-state index in [0.29, 0.717) is 5.75 Å². The van der Waals surface area contributed by atoms with E-state index < -0.39 is 0 Å². The van der Waals surface area contributed by atoms with Crippen molar-refractivity contribution in [1.82, 2.24) is 19.3 Å². The van der Waals surface area contributed by atoms with Gasteiger partial charge in [-0.1, -0.05) is 11.8 Å². The molecule has 2 rings (SSSR count). The van der Waals surface area contributed by atoms with Crippen molar-refractivity contribution in [3.8, 4) is 0 Å². The Balaban J connectivity index is 1.99. The summed E-state index contributed by atoms with van der Waals surface area (Å²) in [5.74, 6) is 0.477.